The lowest BCUT2D eigenvalue weighted by Crippen LogP contribution is -1.96. The van der Waals surface area contributed by atoms with Gasteiger partial charge in [0, 0.05) is 17.1 Å². The molecule has 0 spiro atoms. The van der Waals surface area contributed by atoms with E-state index in [1.165, 1.54) is 12.1 Å². The quantitative estimate of drug-likeness (QED) is 0.655. The van der Waals surface area contributed by atoms with Gasteiger partial charge < -0.3 is 10.5 Å². The molecular weight excluding hydrogens is 348 g/mol. The molecule has 0 amide bonds. The van der Waals surface area contributed by atoms with Crippen LogP contribution in [0.2, 0.25) is 5.02 Å². The number of hydrogen-bond acceptors (Lipinski definition) is 4. The summed E-state index contributed by atoms with van der Waals surface area (Å²) in [6.07, 6.45) is 0. The smallest absolute Gasteiger partial charge is 0.274 e. The van der Waals surface area contributed by atoms with Crippen LogP contribution in [0.1, 0.15) is 5.56 Å². The van der Waals surface area contributed by atoms with Gasteiger partial charge in [-0.15, -0.1) is 0 Å². The molecule has 0 saturated heterocycles. The van der Waals surface area contributed by atoms with E-state index < -0.39 is 4.92 Å². The lowest BCUT2D eigenvalue weighted by atomic mass is 10.2. The molecule has 0 aliphatic carbocycles. The molecule has 0 heterocycles. The molecule has 2 rings (SSSR count). The summed E-state index contributed by atoms with van der Waals surface area (Å²) in [7, 11) is 0. The first-order valence-electron chi connectivity index (χ1n) is 5.61. The van der Waals surface area contributed by atoms with Gasteiger partial charge in [0.05, 0.1) is 16.0 Å². The molecule has 2 N–H and O–H groups in total. The van der Waals surface area contributed by atoms with Crippen LogP contribution in [0.25, 0.3) is 0 Å². The normalized spacial score (nSPS) is 10.3. The van der Waals surface area contributed by atoms with Gasteiger partial charge >= 0.3 is 0 Å². The van der Waals surface area contributed by atoms with Crippen molar-refractivity contribution in [1.29, 1.82) is 0 Å². The zero-order chi connectivity index (χ0) is 14.7. The molecule has 0 aliphatic heterocycles. The third-order valence-electron chi connectivity index (χ3n) is 2.53. The van der Waals surface area contributed by atoms with Crippen molar-refractivity contribution >= 4 is 33.2 Å². The van der Waals surface area contributed by atoms with Gasteiger partial charge in [0.25, 0.3) is 5.69 Å². The Hall–Kier alpha value is -1.63. The predicted octanol–water partition coefficient (Wildman–Crippen LogP) is 4.26. The van der Waals surface area contributed by atoms with E-state index >= 15 is 0 Å². The highest BCUT2D eigenvalue weighted by molar-refractivity contribution is 9.10. The van der Waals surface area contributed by atoms with Gasteiger partial charge in [-0.3, -0.25) is 10.1 Å². The fourth-order valence-corrected chi connectivity index (χ4v) is 2.30. The SMILES string of the molecule is NCc1ccc(Oc2cc(Br)cc([N+](=O)[O-])c2)c(Cl)c1. The minimum Gasteiger partial charge on any atom is -0.456 e. The van der Waals surface area contributed by atoms with Crippen molar-refractivity contribution in [3.63, 3.8) is 0 Å². The Kier molecular flexibility index (Phi) is 4.59. The monoisotopic (exact) mass is 356 g/mol. The number of rotatable bonds is 4. The molecule has 2 aromatic rings. The average Bonchev–Trinajstić information content (AvgIpc) is 2.40. The molecule has 0 aromatic heterocycles. The summed E-state index contributed by atoms with van der Waals surface area (Å²) < 4.78 is 6.13. The molecule has 0 unspecified atom stereocenters. The maximum absolute atomic E-state index is 10.8. The van der Waals surface area contributed by atoms with Gasteiger partial charge in [0.15, 0.2) is 0 Å². The number of nitro groups is 1. The standard InChI is InChI=1S/C13H10BrClN2O3/c14-9-4-10(17(18)19)6-11(5-9)20-13-2-1-8(7-16)3-12(13)15/h1-6H,7,16H2. The van der Waals surface area contributed by atoms with Crippen LogP contribution in [0.3, 0.4) is 0 Å². The van der Waals surface area contributed by atoms with E-state index in [9.17, 15) is 10.1 Å². The molecule has 0 atom stereocenters. The number of non-ortho nitro benzene ring substituents is 1. The summed E-state index contributed by atoms with van der Waals surface area (Å²) in [6, 6.07) is 9.51. The average molecular weight is 358 g/mol. The largest absolute Gasteiger partial charge is 0.456 e. The number of halogens is 2. The molecule has 5 nitrogen and oxygen atoms in total. The number of ether oxygens (including phenoxy) is 1. The molecular formula is C13H10BrClN2O3. The summed E-state index contributed by atoms with van der Waals surface area (Å²) in [5.41, 5.74) is 6.33. The second-order valence-electron chi connectivity index (χ2n) is 3.97. The fraction of sp³-hybridized carbons (Fsp3) is 0.0769. The molecule has 104 valence electrons. The third-order valence-corrected chi connectivity index (χ3v) is 3.28. The first-order valence-corrected chi connectivity index (χ1v) is 6.78. The van der Waals surface area contributed by atoms with E-state index in [1.807, 2.05) is 0 Å². The van der Waals surface area contributed by atoms with Gasteiger partial charge in [0.1, 0.15) is 11.5 Å². The van der Waals surface area contributed by atoms with Gasteiger partial charge in [-0.2, -0.15) is 0 Å². The first kappa shape index (κ1) is 14.8. The lowest BCUT2D eigenvalue weighted by Gasteiger charge is -2.09. The Morgan fingerprint density at radius 1 is 1.30 bits per heavy atom. The van der Waals surface area contributed by atoms with E-state index in [4.69, 9.17) is 22.1 Å². The molecule has 0 bridgehead atoms. The Bertz CT molecular complexity index is 664. The maximum atomic E-state index is 10.8. The van der Waals surface area contributed by atoms with E-state index in [-0.39, 0.29) is 5.69 Å². The van der Waals surface area contributed by atoms with E-state index in [2.05, 4.69) is 15.9 Å². The highest BCUT2D eigenvalue weighted by atomic mass is 79.9. The van der Waals surface area contributed by atoms with Gasteiger partial charge in [-0.1, -0.05) is 33.6 Å². The molecule has 0 aliphatic rings. The summed E-state index contributed by atoms with van der Waals surface area (Å²) in [4.78, 5) is 10.3. The van der Waals surface area contributed by atoms with Crippen molar-refractivity contribution in [2.75, 3.05) is 0 Å². The molecule has 7 heteroatoms. The minimum atomic E-state index is -0.489. The zero-order valence-corrected chi connectivity index (χ0v) is 12.5. The second kappa shape index (κ2) is 6.21. The van der Waals surface area contributed by atoms with E-state index in [0.717, 1.165) is 5.56 Å². The molecule has 20 heavy (non-hydrogen) atoms. The summed E-state index contributed by atoms with van der Waals surface area (Å²) in [6.45, 7) is 0.377. The maximum Gasteiger partial charge on any atom is 0.274 e. The van der Waals surface area contributed by atoms with Crippen LogP contribution in [-0.4, -0.2) is 4.92 Å². The van der Waals surface area contributed by atoms with Crippen LogP contribution in [-0.2, 0) is 6.54 Å². The summed E-state index contributed by atoms with van der Waals surface area (Å²) in [5.74, 6) is 0.740. The van der Waals surface area contributed by atoms with E-state index in [0.29, 0.717) is 27.5 Å². The Morgan fingerprint density at radius 3 is 2.65 bits per heavy atom. The van der Waals surface area contributed by atoms with Crippen molar-refractivity contribution < 1.29 is 9.66 Å². The molecule has 2 aromatic carbocycles. The number of hydrogen-bond donors (Lipinski definition) is 1. The Balaban J connectivity index is 2.32. The van der Waals surface area contributed by atoms with Crippen LogP contribution in [0.4, 0.5) is 5.69 Å². The highest BCUT2D eigenvalue weighted by Crippen LogP contribution is 2.33. The van der Waals surface area contributed by atoms with Gasteiger partial charge in [-0.25, -0.2) is 0 Å². The number of nitrogens with two attached hydrogens (primary N) is 1. The van der Waals surface area contributed by atoms with Crippen LogP contribution in [0.15, 0.2) is 40.9 Å². The van der Waals surface area contributed by atoms with E-state index in [1.54, 1.807) is 24.3 Å². The van der Waals surface area contributed by atoms with Crippen LogP contribution in [0, 0.1) is 10.1 Å². The zero-order valence-electron chi connectivity index (χ0n) is 10.2. The molecule has 0 fully saturated rings. The number of nitro benzene ring substituents is 1. The minimum absolute atomic E-state index is 0.0657. The van der Waals surface area contributed by atoms with Crippen molar-refractivity contribution in [2.45, 2.75) is 6.54 Å². The topological polar surface area (TPSA) is 78.4 Å². The second-order valence-corrected chi connectivity index (χ2v) is 5.30. The van der Waals surface area contributed by atoms with Gasteiger partial charge in [-0.05, 0) is 23.8 Å². The first-order chi connectivity index (χ1) is 9.49. The van der Waals surface area contributed by atoms with Crippen molar-refractivity contribution in [3.05, 3.63) is 61.6 Å². The molecule has 0 radical (unpaired) electrons. The van der Waals surface area contributed by atoms with Crippen molar-refractivity contribution in [2.24, 2.45) is 5.73 Å². The van der Waals surface area contributed by atoms with Crippen LogP contribution >= 0.6 is 27.5 Å². The summed E-state index contributed by atoms with van der Waals surface area (Å²) in [5, 5.41) is 11.2. The van der Waals surface area contributed by atoms with Crippen LogP contribution < -0.4 is 10.5 Å². The number of nitrogens with zero attached hydrogens (tertiary/aromatic N) is 1. The Morgan fingerprint density at radius 2 is 2.05 bits per heavy atom. The molecule has 0 saturated carbocycles. The highest BCUT2D eigenvalue weighted by Gasteiger charge is 2.11. The lowest BCUT2D eigenvalue weighted by molar-refractivity contribution is -0.385. The number of benzene rings is 2. The van der Waals surface area contributed by atoms with Crippen molar-refractivity contribution in [1.82, 2.24) is 0 Å². The van der Waals surface area contributed by atoms with Crippen LogP contribution in [0.5, 0.6) is 11.5 Å². The third kappa shape index (κ3) is 3.47. The van der Waals surface area contributed by atoms with Gasteiger partial charge in [0.2, 0.25) is 0 Å². The summed E-state index contributed by atoms with van der Waals surface area (Å²) >= 11 is 9.28. The predicted molar refractivity (Wildman–Crippen MR) is 80.2 cm³/mol. The fourth-order valence-electron chi connectivity index (χ4n) is 1.59. The van der Waals surface area contributed by atoms with Crippen molar-refractivity contribution in [3.8, 4) is 11.5 Å². The Labute approximate surface area is 128 Å².